The Kier molecular flexibility index (Phi) is 5.73. The van der Waals surface area contributed by atoms with Gasteiger partial charge in [-0.25, -0.2) is 17.2 Å². The Morgan fingerprint density at radius 3 is 1.30 bits per heavy atom. The molecule has 2 aromatic carbocycles. The summed E-state index contributed by atoms with van der Waals surface area (Å²) >= 11 is 0. The van der Waals surface area contributed by atoms with Crippen LogP contribution in [0.2, 0.25) is 0 Å². The molecule has 148 valence electrons. The second-order valence-corrected chi connectivity index (χ2v) is 10.3. The molecule has 8 nitrogen and oxygen atoms in total. The second kappa shape index (κ2) is 7.24. The second-order valence-electron chi connectivity index (χ2n) is 5.46. The summed E-state index contributed by atoms with van der Waals surface area (Å²) in [6, 6.07) is 4.04. The summed E-state index contributed by atoms with van der Waals surface area (Å²) < 4.78 is 115. The Hall–Kier alpha value is -1.93. The maximum atomic E-state index is 13.4. The van der Waals surface area contributed by atoms with Gasteiger partial charge < -0.3 is 0 Å². The van der Waals surface area contributed by atoms with Gasteiger partial charge in [0.1, 0.15) is 23.1 Å². The smallest absolute Gasteiger partial charge is 0.269 e. The van der Waals surface area contributed by atoms with Crippen LogP contribution in [0, 0.1) is 11.6 Å². The van der Waals surface area contributed by atoms with E-state index < -0.39 is 74.1 Å². The molecule has 0 atom stereocenters. The molecule has 0 bridgehead atoms. The van der Waals surface area contributed by atoms with Crippen LogP contribution in [-0.4, -0.2) is 34.4 Å². The molecule has 2 rings (SSSR count). The van der Waals surface area contributed by atoms with E-state index >= 15 is 0 Å². The van der Waals surface area contributed by atoms with Crippen LogP contribution in [0.5, 0.6) is 0 Å². The van der Waals surface area contributed by atoms with Gasteiger partial charge >= 0.3 is 0 Å². The van der Waals surface area contributed by atoms with Gasteiger partial charge in [0.15, 0.2) is 0 Å². The minimum atomic E-state index is -4.73. The van der Waals surface area contributed by atoms with Gasteiger partial charge in [0.25, 0.3) is 20.2 Å². The summed E-state index contributed by atoms with van der Waals surface area (Å²) in [6.45, 7) is 0. The molecule has 27 heavy (non-hydrogen) atoms. The lowest BCUT2D eigenvalue weighted by molar-refractivity contribution is 0.479. The number of sulfone groups is 1. The fourth-order valence-corrected chi connectivity index (χ4v) is 5.49. The van der Waals surface area contributed by atoms with Crippen LogP contribution in [-0.2, 0) is 41.6 Å². The van der Waals surface area contributed by atoms with Gasteiger partial charge in [0.2, 0.25) is 9.84 Å². The highest BCUT2D eigenvalue weighted by atomic mass is 32.2. The van der Waals surface area contributed by atoms with Gasteiger partial charge in [-0.05, 0) is 47.5 Å². The van der Waals surface area contributed by atoms with Crippen molar-refractivity contribution >= 4 is 30.1 Å². The first kappa shape index (κ1) is 21.4. The third-order valence-corrected chi connectivity index (χ3v) is 6.61. The molecular formula is C14H12F2O8S3. The molecule has 0 aliphatic heterocycles. The summed E-state index contributed by atoms with van der Waals surface area (Å²) in [6.07, 6.45) is 0. The Morgan fingerprint density at radius 1 is 0.667 bits per heavy atom. The summed E-state index contributed by atoms with van der Waals surface area (Å²) in [5.74, 6) is -4.42. The highest BCUT2D eigenvalue weighted by Gasteiger charge is 2.28. The van der Waals surface area contributed by atoms with E-state index in [1.165, 1.54) is 0 Å². The normalized spacial score (nSPS) is 12.9. The lowest BCUT2D eigenvalue weighted by Crippen LogP contribution is -2.13. The fourth-order valence-electron chi connectivity index (χ4n) is 2.36. The van der Waals surface area contributed by atoms with Crippen LogP contribution in [0.1, 0.15) is 11.1 Å². The van der Waals surface area contributed by atoms with Gasteiger partial charge in [0.05, 0.1) is 9.79 Å². The summed E-state index contributed by atoms with van der Waals surface area (Å²) in [5, 5.41) is 0. The van der Waals surface area contributed by atoms with Crippen LogP contribution in [0.25, 0.3) is 0 Å². The fraction of sp³-hybridized carbons (Fsp3) is 0.143. The quantitative estimate of drug-likeness (QED) is 0.507. The Morgan fingerprint density at radius 2 is 1.00 bits per heavy atom. The van der Waals surface area contributed by atoms with Gasteiger partial charge in [-0.15, -0.1) is 0 Å². The summed E-state index contributed by atoms with van der Waals surface area (Å²) in [5.41, 5.74) is -1.22. The van der Waals surface area contributed by atoms with Crippen molar-refractivity contribution in [1.29, 1.82) is 0 Å². The molecule has 0 radical (unpaired) electrons. The molecule has 2 aromatic rings. The molecule has 2 N–H and O–H groups in total. The van der Waals surface area contributed by atoms with Crippen molar-refractivity contribution in [1.82, 2.24) is 0 Å². The van der Waals surface area contributed by atoms with E-state index in [1.54, 1.807) is 0 Å². The van der Waals surface area contributed by atoms with E-state index in [1.807, 2.05) is 0 Å². The van der Waals surface area contributed by atoms with E-state index in [9.17, 15) is 34.0 Å². The van der Waals surface area contributed by atoms with Crippen molar-refractivity contribution in [2.24, 2.45) is 0 Å². The van der Waals surface area contributed by atoms with Gasteiger partial charge in [-0.2, -0.15) is 16.8 Å². The van der Waals surface area contributed by atoms with Gasteiger partial charge in [0, 0.05) is 0 Å². The zero-order valence-electron chi connectivity index (χ0n) is 13.2. The zero-order valence-corrected chi connectivity index (χ0v) is 15.7. The van der Waals surface area contributed by atoms with E-state index in [4.69, 9.17) is 9.11 Å². The van der Waals surface area contributed by atoms with Crippen molar-refractivity contribution < 1.29 is 43.1 Å². The Balaban J connectivity index is 2.74. The number of halogens is 2. The van der Waals surface area contributed by atoms with Crippen LogP contribution < -0.4 is 0 Å². The SMILES string of the molecule is O=S(=O)(O)Cc1cc(F)ccc1S(=O)(=O)c1ccc(F)cc1CS(=O)(=O)O. The molecule has 0 heterocycles. The molecule has 0 unspecified atom stereocenters. The average molecular weight is 442 g/mol. The van der Waals surface area contributed by atoms with E-state index in [-0.39, 0.29) is 0 Å². The van der Waals surface area contributed by atoms with E-state index in [0.717, 1.165) is 12.1 Å². The molecular weight excluding hydrogens is 430 g/mol. The first-order valence-corrected chi connectivity index (χ1v) is 11.6. The third-order valence-electron chi connectivity index (χ3n) is 3.30. The molecule has 0 fully saturated rings. The zero-order chi connectivity index (χ0) is 20.6. The summed E-state index contributed by atoms with van der Waals surface area (Å²) in [7, 11) is -14.1. The maximum Gasteiger partial charge on any atom is 0.269 e. The molecule has 0 spiro atoms. The number of rotatable bonds is 6. The first-order valence-electron chi connectivity index (χ1n) is 6.91. The molecule has 13 heteroatoms. The average Bonchev–Trinajstić information content (AvgIpc) is 2.43. The lowest BCUT2D eigenvalue weighted by atomic mass is 10.2. The van der Waals surface area contributed by atoms with Gasteiger partial charge in [-0.1, -0.05) is 0 Å². The summed E-state index contributed by atoms with van der Waals surface area (Å²) in [4.78, 5) is -1.46. The van der Waals surface area contributed by atoms with Crippen molar-refractivity contribution in [3.05, 3.63) is 59.2 Å². The van der Waals surface area contributed by atoms with Crippen molar-refractivity contribution in [2.75, 3.05) is 0 Å². The molecule has 0 aliphatic rings. The van der Waals surface area contributed by atoms with E-state index in [2.05, 4.69) is 0 Å². The largest absolute Gasteiger partial charge is 0.285 e. The van der Waals surface area contributed by atoms with Crippen LogP contribution in [0.4, 0.5) is 8.78 Å². The lowest BCUT2D eigenvalue weighted by Gasteiger charge is -2.13. The topological polar surface area (TPSA) is 143 Å². The molecule has 0 aromatic heterocycles. The molecule has 0 saturated heterocycles. The Bertz CT molecular complexity index is 1110. The monoisotopic (exact) mass is 442 g/mol. The predicted octanol–water partition coefficient (Wildman–Crippen LogP) is 1.57. The standard InChI is InChI=1S/C14H12F2O8S3/c15-11-1-3-13(9(5-11)7-25(17,18)19)27(23,24)14-4-2-12(16)6-10(14)8-26(20,21)22/h1-6H,7-8H2,(H,17,18,19)(H,20,21,22). The van der Waals surface area contributed by atoms with Crippen molar-refractivity contribution in [3.8, 4) is 0 Å². The highest BCUT2D eigenvalue weighted by molar-refractivity contribution is 7.91. The number of hydrogen-bond acceptors (Lipinski definition) is 6. The van der Waals surface area contributed by atoms with Crippen molar-refractivity contribution in [3.63, 3.8) is 0 Å². The third kappa shape index (κ3) is 5.52. The Labute approximate surface area is 153 Å². The molecule has 0 saturated carbocycles. The number of benzene rings is 2. The maximum absolute atomic E-state index is 13.4. The molecule has 0 amide bonds. The van der Waals surface area contributed by atoms with Crippen molar-refractivity contribution in [2.45, 2.75) is 21.3 Å². The number of hydrogen-bond donors (Lipinski definition) is 2. The molecule has 0 aliphatic carbocycles. The minimum absolute atomic E-state index is 0.576. The van der Waals surface area contributed by atoms with E-state index in [0.29, 0.717) is 24.3 Å². The minimum Gasteiger partial charge on any atom is -0.285 e. The predicted molar refractivity (Wildman–Crippen MR) is 88.8 cm³/mol. The van der Waals surface area contributed by atoms with Crippen LogP contribution >= 0.6 is 0 Å². The van der Waals surface area contributed by atoms with Crippen LogP contribution in [0.3, 0.4) is 0 Å². The first-order chi connectivity index (χ1) is 12.2. The van der Waals surface area contributed by atoms with Crippen LogP contribution in [0.15, 0.2) is 46.2 Å². The highest BCUT2D eigenvalue weighted by Crippen LogP contribution is 2.29. The van der Waals surface area contributed by atoms with Gasteiger partial charge in [-0.3, -0.25) is 9.11 Å².